The second kappa shape index (κ2) is 7.58. The largest absolute Gasteiger partial charge is 0.465 e. The van der Waals surface area contributed by atoms with Gasteiger partial charge in [0.1, 0.15) is 5.76 Å². The highest BCUT2D eigenvalue weighted by atomic mass is 16.5. The van der Waals surface area contributed by atoms with Crippen LogP contribution in [-0.4, -0.2) is 24.4 Å². The van der Waals surface area contributed by atoms with Crippen LogP contribution in [0.1, 0.15) is 16.1 Å². The number of carbonyl (C=O) groups is 3. The third-order valence-electron chi connectivity index (χ3n) is 2.56. The molecule has 0 bridgehead atoms. The quantitative estimate of drug-likeness (QED) is 0.672. The summed E-state index contributed by atoms with van der Waals surface area (Å²) in [6.07, 6.45) is 4.01. The Morgan fingerprint density at radius 3 is 2.55 bits per heavy atom. The number of furan rings is 1. The molecule has 0 radical (unpaired) electrons. The van der Waals surface area contributed by atoms with Crippen molar-refractivity contribution >= 4 is 23.9 Å². The van der Waals surface area contributed by atoms with E-state index in [0.29, 0.717) is 11.3 Å². The lowest BCUT2D eigenvalue weighted by Crippen LogP contribution is -2.33. The Balaban J connectivity index is 1.75. The maximum atomic E-state index is 11.7. The Kier molecular flexibility index (Phi) is 5.25. The molecule has 0 spiro atoms. The lowest BCUT2D eigenvalue weighted by atomic mass is 10.2. The summed E-state index contributed by atoms with van der Waals surface area (Å²) in [6, 6.07) is 11.6. The summed E-state index contributed by atoms with van der Waals surface area (Å²) in [4.78, 5) is 34.6. The first-order valence-electron chi connectivity index (χ1n) is 6.43. The number of benzene rings is 1. The Morgan fingerprint density at radius 1 is 1.09 bits per heavy atom. The van der Waals surface area contributed by atoms with Crippen LogP contribution in [0, 0.1) is 0 Å². The van der Waals surface area contributed by atoms with Crippen LogP contribution in [0.4, 0.5) is 0 Å². The molecular formula is C16H13NO5. The molecule has 1 aromatic heterocycles. The van der Waals surface area contributed by atoms with Gasteiger partial charge >= 0.3 is 5.97 Å². The molecular weight excluding hydrogens is 286 g/mol. The molecule has 22 heavy (non-hydrogen) atoms. The summed E-state index contributed by atoms with van der Waals surface area (Å²) in [5.74, 6) is -1.47. The molecule has 0 saturated heterocycles. The van der Waals surface area contributed by atoms with Gasteiger partial charge in [-0.1, -0.05) is 18.2 Å². The van der Waals surface area contributed by atoms with Crippen molar-refractivity contribution in [3.63, 3.8) is 0 Å². The molecule has 2 aromatic rings. The molecule has 0 saturated carbocycles. The van der Waals surface area contributed by atoms with Crippen molar-refractivity contribution in [2.24, 2.45) is 0 Å². The average molecular weight is 299 g/mol. The van der Waals surface area contributed by atoms with Gasteiger partial charge in [-0.3, -0.25) is 14.9 Å². The van der Waals surface area contributed by atoms with Crippen molar-refractivity contribution in [1.82, 2.24) is 5.32 Å². The predicted molar refractivity (Wildman–Crippen MR) is 77.6 cm³/mol. The van der Waals surface area contributed by atoms with Gasteiger partial charge in [0.2, 0.25) is 0 Å². The van der Waals surface area contributed by atoms with Crippen molar-refractivity contribution in [2.75, 3.05) is 6.61 Å². The van der Waals surface area contributed by atoms with Gasteiger partial charge in [-0.05, 0) is 30.3 Å². The van der Waals surface area contributed by atoms with Crippen LogP contribution >= 0.6 is 0 Å². The molecule has 2 rings (SSSR count). The van der Waals surface area contributed by atoms with E-state index in [1.807, 2.05) is 0 Å². The Hall–Kier alpha value is -3.15. The van der Waals surface area contributed by atoms with Crippen LogP contribution in [0.25, 0.3) is 6.08 Å². The maximum Gasteiger partial charge on any atom is 0.331 e. The standard InChI is InChI=1S/C16H13NO5/c18-14(17-16(20)12-5-2-1-3-6-12)11-22-15(19)9-8-13-7-4-10-21-13/h1-10H,11H2,(H,17,18,20)/b9-8+. The zero-order valence-electron chi connectivity index (χ0n) is 11.5. The van der Waals surface area contributed by atoms with Crippen LogP contribution in [-0.2, 0) is 14.3 Å². The number of nitrogens with one attached hydrogen (secondary N) is 1. The Morgan fingerprint density at radius 2 is 1.86 bits per heavy atom. The predicted octanol–water partition coefficient (Wildman–Crippen LogP) is 1.79. The van der Waals surface area contributed by atoms with Gasteiger partial charge in [0.15, 0.2) is 6.61 Å². The smallest absolute Gasteiger partial charge is 0.331 e. The SMILES string of the molecule is O=C(COC(=O)/C=C/c1ccco1)NC(=O)c1ccccc1. The molecule has 1 aromatic carbocycles. The van der Waals surface area contributed by atoms with Crippen LogP contribution in [0.3, 0.4) is 0 Å². The number of esters is 1. The summed E-state index contributed by atoms with van der Waals surface area (Å²) in [5, 5.41) is 2.12. The molecule has 1 heterocycles. The summed E-state index contributed by atoms with van der Waals surface area (Å²) in [7, 11) is 0. The number of ether oxygens (including phenoxy) is 1. The summed E-state index contributed by atoms with van der Waals surface area (Å²) < 4.78 is 9.70. The van der Waals surface area contributed by atoms with Gasteiger partial charge in [0.05, 0.1) is 6.26 Å². The molecule has 0 fully saturated rings. The van der Waals surface area contributed by atoms with Gasteiger partial charge in [-0.2, -0.15) is 0 Å². The van der Waals surface area contributed by atoms with Crippen molar-refractivity contribution in [3.8, 4) is 0 Å². The van der Waals surface area contributed by atoms with E-state index in [2.05, 4.69) is 5.32 Å². The van der Waals surface area contributed by atoms with E-state index < -0.39 is 24.4 Å². The molecule has 0 aliphatic heterocycles. The normalized spacial score (nSPS) is 10.4. The zero-order valence-corrected chi connectivity index (χ0v) is 11.5. The number of imide groups is 1. The first kappa shape index (κ1) is 15.2. The number of rotatable bonds is 5. The van der Waals surface area contributed by atoms with E-state index in [1.165, 1.54) is 12.3 Å². The highest BCUT2D eigenvalue weighted by Crippen LogP contribution is 2.02. The molecule has 0 unspecified atom stereocenters. The zero-order chi connectivity index (χ0) is 15.8. The van der Waals surface area contributed by atoms with Gasteiger partial charge in [0.25, 0.3) is 11.8 Å². The van der Waals surface area contributed by atoms with E-state index in [1.54, 1.807) is 42.5 Å². The third kappa shape index (κ3) is 4.75. The van der Waals surface area contributed by atoms with Crippen LogP contribution in [0.2, 0.25) is 0 Å². The fourth-order valence-electron chi connectivity index (χ4n) is 1.55. The first-order valence-corrected chi connectivity index (χ1v) is 6.43. The molecule has 0 aliphatic carbocycles. The minimum Gasteiger partial charge on any atom is -0.465 e. The molecule has 1 N–H and O–H groups in total. The van der Waals surface area contributed by atoms with Crippen molar-refractivity contribution in [2.45, 2.75) is 0 Å². The van der Waals surface area contributed by atoms with Crippen LogP contribution in [0.5, 0.6) is 0 Å². The fraction of sp³-hybridized carbons (Fsp3) is 0.0625. The van der Waals surface area contributed by atoms with E-state index in [0.717, 1.165) is 6.08 Å². The Labute approximate surface area is 126 Å². The van der Waals surface area contributed by atoms with E-state index >= 15 is 0 Å². The van der Waals surface area contributed by atoms with E-state index in [-0.39, 0.29) is 0 Å². The lowest BCUT2D eigenvalue weighted by molar-refractivity contribution is -0.143. The molecule has 0 atom stereocenters. The molecule has 112 valence electrons. The topological polar surface area (TPSA) is 85.6 Å². The highest BCUT2D eigenvalue weighted by molar-refractivity contribution is 6.05. The van der Waals surface area contributed by atoms with Crippen LogP contribution in [0.15, 0.2) is 59.2 Å². The second-order valence-corrected chi connectivity index (χ2v) is 4.20. The molecule has 0 aliphatic rings. The third-order valence-corrected chi connectivity index (χ3v) is 2.56. The van der Waals surface area contributed by atoms with E-state index in [4.69, 9.17) is 9.15 Å². The maximum absolute atomic E-state index is 11.7. The minimum absolute atomic E-state index is 0.347. The van der Waals surface area contributed by atoms with Gasteiger partial charge in [-0.15, -0.1) is 0 Å². The Bertz CT molecular complexity index is 674. The molecule has 6 heteroatoms. The number of hydrogen-bond donors (Lipinski definition) is 1. The van der Waals surface area contributed by atoms with Crippen molar-refractivity contribution < 1.29 is 23.5 Å². The average Bonchev–Trinajstić information content (AvgIpc) is 3.05. The minimum atomic E-state index is -0.710. The second-order valence-electron chi connectivity index (χ2n) is 4.20. The number of hydrogen-bond acceptors (Lipinski definition) is 5. The number of carbonyl (C=O) groups excluding carboxylic acids is 3. The van der Waals surface area contributed by atoms with Crippen molar-refractivity contribution in [1.29, 1.82) is 0 Å². The summed E-state index contributed by atoms with van der Waals surface area (Å²) in [5.41, 5.74) is 0.347. The lowest BCUT2D eigenvalue weighted by Gasteiger charge is -2.04. The highest BCUT2D eigenvalue weighted by Gasteiger charge is 2.11. The fourth-order valence-corrected chi connectivity index (χ4v) is 1.55. The van der Waals surface area contributed by atoms with Crippen LogP contribution < -0.4 is 5.32 Å². The summed E-state index contributed by atoms with van der Waals surface area (Å²) >= 11 is 0. The van der Waals surface area contributed by atoms with Gasteiger partial charge < -0.3 is 9.15 Å². The van der Waals surface area contributed by atoms with Crippen molar-refractivity contribution in [3.05, 3.63) is 66.1 Å². The summed E-state index contributed by atoms with van der Waals surface area (Å²) in [6.45, 7) is -0.542. The monoisotopic (exact) mass is 299 g/mol. The molecule has 6 nitrogen and oxygen atoms in total. The van der Waals surface area contributed by atoms with E-state index in [9.17, 15) is 14.4 Å². The van der Waals surface area contributed by atoms with Gasteiger partial charge in [0, 0.05) is 11.6 Å². The van der Waals surface area contributed by atoms with Gasteiger partial charge in [-0.25, -0.2) is 4.79 Å². The first-order chi connectivity index (χ1) is 10.6. The number of amides is 2. The molecule has 2 amide bonds.